The zero-order chi connectivity index (χ0) is 11.4. The Morgan fingerprint density at radius 2 is 2.00 bits per heavy atom. The number of benzene rings is 1. The lowest BCUT2D eigenvalue weighted by Gasteiger charge is -2.28. The molecule has 1 heterocycles. The van der Waals surface area contributed by atoms with E-state index in [-0.39, 0.29) is 0 Å². The van der Waals surface area contributed by atoms with Crippen molar-refractivity contribution in [2.45, 2.75) is 38.6 Å². The first-order chi connectivity index (χ1) is 7.79. The van der Waals surface area contributed by atoms with Crippen molar-refractivity contribution >= 4 is 0 Å². The Balaban J connectivity index is 1.98. The molecule has 1 aromatic carbocycles. The van der Waals surface area contributed by atoms with E-state index in [2.05, 4.69) is 36.5 Å². The molecule has 0 aromatic heterocycles. The van der Waals surface area contributed by atoms with Crippen molar-refractivity contribution in [2.24, 2.45) is 0 Å². The predicted molar refractivity (Wildman–Crippen MR) is 67.1 cm³/mol. The lowest BCUT2D eigenvalue weighted by molar-refractivity contribution is 0.339. The normalized spacial score (nSPS) is 25.4. The van der Waals surface area contributed by atoms with Crippen molar-refractivity contribution in [1.82, 2.24) is 5.32 Å². The Bertz CT molecular complexity index is 312. The van der Waals surface area contributed by atoms with Gasteiger partial charge in [0.15, 0.2) is 0 Å². The topological polar surface area (TPSA) is 21.3 Å². The zero-order valence-corrected chi connectivity index (χ0v) is 10.2. The van der Waals surface area contributed by atoms with Crippen molar-refractivity contribution in [3.05, 3.63) is 29.8 Å². The first kappa shape index (κ1) is 11.5. The molecule has 2 rings (SSSR count). The van der Waals surface area contributed by atoms with Crippen LogP contribution in [0, 0.1) is 0 Å². The van der Waals surface area contributed by atoms with Gasteiger partial charge in [0, 0.05) is 12.6 Å². The summed E-state index contributed by atoms with van der Waals surface area (Å²) < 4.78 is 5.45. The molecule has 0 amide bonds. The van der Waals surface area contributed by atoms with Gasteiger partial charge in [0.2, 0.25) is 0 Å². The van der Waals surface area contributed by atoms with E-state index in [1.54, 1.807) is 0 Å². The maximum Gasteiger partial charge on any atom is 0.119 e. The quantitative estimate of drug-likeness (QED) is 0.844. The van der Waals surface area contributed by atoms with Crippen LogP contribution in [0.1, 0.15) is 38.2 Å². The third-order valence-corrected chi connectivity index (χ3v) is 3.32. The summed E-state index contributed by atoms with van der Waals surface area (Å²) in [4.78, 5) is 0. The third kappa shape index (κ3) is 2.76. The number of rotatable bonds is 3. The molecule has 0 radical (unpaired) electrons. The molecule has 88 valence electrons. The van der Waals surface area contributed by atoms with Crippen LogP contribution in [-0.4, -0.2) is 19.2 Å². The van der Waals surface area contributed by atoms with Gasteiger partial charge in [0.25, 0.3) is 0 Å². The van der Waals surface area contributed by atoms with Crippen LogP contribution in [0.5, 0.6) is 5.75 Å². The van der Waals surface area contributed by atoms with E-state index in [4.69, 9.17) is 4.74 Å². The van der Waals surface area contributed by atoms with E-state index in [1.165, 1.54) is 18.4 Å². The summed E-state index contributed by atoms with van der Waals surface area (Å²) in [7, 11) is 0. The van der Waals surface area contributed by atoms with Crippen LogP contribution < -0.4 is 10.1 Å². The molecule has 0 saturated carbocycles. The summed E-state index contributed by atoms with van der Waals surface area (Å²) in [5.74, 6) is 1.65. The maximum absolute atomic E-state index is 5.45. The molecule has 1 aliphatic rings. The average molecular weight is 219 g/mol. The van der Waals surface area contributed by atoms with Crippen LogP contribution >= 0.6 is 0 Å². The predicted octanol–water partition coefficient (Wildman–Crippen LogP) is 2.94. The number of ether oxygens (including phenoxy) is 1. The van der Waals surface area contributed by atoms with Crippen LogP contribution in [0.2, 0.25) is 0 Å². The highest BCUT2D eigenvalue weighted by Crippen LogP contribution is 2.26. The number of hydrogen-bond acceptors (Lipinski definition) is 2. The van der Waals surface area contributed by atoms with E-state index in [9.17, 15) is 0 Å². The standard InChI is InChI=1S/C14H21NO/c1-3-16-14-8-6-12(7-9-14)13-5-4-11(2)15-10-13/h6-9,11,13,15H,3-5,10H2,1-2H3. The van der Waals surface area contributed by atoms with Crippen molar-refractivity contribution < 1.29 is 4.74 Å². The number of nitrogens with one attached hydrogen (secondary N) is 1. The van der Waals surface area contributed by atoms with Gasteiger partial charge in [-0.15, -0.1) is 0 Å². The molecule has 2 nitrogen and oxygen atoms in total. The van der Waals surface area contributed by atoms with Gasteiger partial charge in [-0.2, -0.15) is 0 Å². The summed E-state index contributed by atoms with van der Waals surface area (Å²) in [5.41, 5.74) is 1.43. The molecule has 16 heavy (non-hydrogen) atoms. The van der Waals surface area contributed by atoms with Gasteiger partial charge in [-0.25, -0.2) is 0 Å². The highest BCUT2D eigenvalue weighted by molar-refractivity contribution is 5.30. The minimum atomic E-state index is 0.673. The molecule has 1 saturated heterocycles. The molecule has 0 bridgehead atoms. The largest absolute Gasteiger partial charge is 0.494 e. The molecule has 1 aromatic rings. The van der Waals surface area contributed by atoms with Crippen molar-refractivity contribution in [3.63, 3.8) is 0 Å². The monoisotopic (exact) mass is 219 g/mol. The van der Waals surface area contributed by atoms with Crippen molar-refractivity contribution in [1.29, 1.82) is 0 Å². The molecule has 2 unspecified atom stereocenters. The summed E-state index contributed by atoms with van der Waals surface area (Å²) in [5, 5.41) is 3.54. The second-order valence-corrected chi connectivity index (χ2v) is 4.59. The van der Waals surface area contributed by atoms with Crippen LogP contribution in [0.4, 0.5) is 0 Å². The van der Waals surface area contributed by atoms with E-state index >= 15 is 0 Å². The zero-order valence-electron chi connectivity index (χ0n) is 10.2. The van der Waals surface area contributed by atoms with Crippen LogP contribution in [0.25, 0.3) is 0 Å². The lowest BCUT2D eigenvalue weighted by Crippen LogP contribution is -2.35. The average Bonchev–Trinajstić information content (AvgIpc) is 2.32. The van der Waals surface area contributed by atoms with Gasteiger partial charge in [0.05, 0.1) is 6.61 Å². The number of hydrogen-bond donors (Lipinski definition) is 1. The van der Waals surface area contributed by atoms with Crippen LogP contribution in [0.3, 0.4) is 0 Å². The van der Waals surface area contributed by atoms with Crippen molar-refractivity contribution in [3.8, 4) is 5.75 Å². The molecule has 1 aliphatic heterocycles. The molecular weight excluding hydrogens is 198 g/mol. The molecular formula is C14H21NO. The fourth-order valence-electron chi connectivity index (χ4n) is 2.29. The fraction of sp³-hybridized carbons (Fsp3) is 0.571. The van der Waals surface area contributed by atoms with Crippen LogP contribution in [0.15, 0.2) is 24.3 Å². The summed E-state index contributed by atoms with van der Waals surface area (Å²) >= 11 is 0. The molecule has 0 spiro atoms. The van der Waals surface area contributed by atoms with E-state index < -0.39 is 0 Å². The second kappa shape index (κ2) is 5.35. The molecule has 1 N–H and O–H groups in total. The van der Waals surface area contributed by atoms with Crippen molar-refractivity contribution in [2.75, 3.05) is 13.2 Å². The van der Waals surface area contributed by atoms with Gasteiger partial charge in [-0.3, -0.25) is 0 Å². The van der Waals surface area contributed by atoms with E-state index in [0.29, 0.717) is 12.0 Å². The SMILES string of the molecule is CCOc1ccc(C2CCC(C)NC2)cc1. The Kier molecular flexibility index (Phi) is 3.83. The van der Waals surface area contributed by atoms with Crippen LogP contribution in [-0.2, 0) is 0 Å². The van der Waals surface area contributed by atoms with Gasteiger partial charge in [-0.05, 0) is 50.3 Å². The molecule has 2 heteroatoms. The van der Waals surface area contributed by atoms with Gasteiger partial charge >= 0.3 is 0 Å². The Morgan fingerprint density at radius 1 is 1.25 bits per heavy atom. The Labute approximate surface area is 98.0 Å². The highest BCUT2D eigenvalue weighted by Gasteiger charge is 2.18. The fourth-order valence-corrected chi connectivity index (χ4v) is 2.29. The highest BCUT2D eigenvalue weighted by atomic mass is 16.5. The first-order valence-corrected chi connectivity index (χ1v) is 6.25. The minimum absolute atomic E-state index is 0.673. The molecule has 2 atom stereocenters. The van der Waals surface area contributed by atoms with Gasteiger partial charge in [-0.1, -0.05) is 12.1 Å². The minimum Gasteiger partial charge on any atom is -0.494 e. The molecule has 1 fully saturated rings. The van der Waals surface area contributed by atoms with E-state index in [0.717, 1.165) is 18.9 Å². The summed E-state index contributed by atoms with van der Waals surface area (Å²) in [6.45, 7) is 6.12. The Hall–Kier alpha value is -1.02. The first-order valence-electron chi connectivity index (χ1n) is 6.25. The van der Waals surface area contributed by atoms with Gasteiger partial charge in [0.1, 0.15) is 5.75 Å². The van der Waals surface area contributed by atoms with Gasteiger partial charge < -0.3 is 10.1 Å². The third-order valence-electron chi connectivity index (χ3n) is 3.32. The summed E-state index contributed by atoms with van der Waals surface area (Å²) in [6.07, 6.45) is 2.57. The second-order valence-electron chi connectivity index (χ2n) is 4.59. The smallest absolute Gasteiger partial charge is 0.119 e. The van der Waals surface area contributed by atoms with E-state index in [1.807, 2.05) is 6.92 Å². The molecule has 0 aliphatic carbocycles. The summed E-state index contributed by atoms with van der Waals surface area (Å²) in [6, 6.07) is 9.24. The Morgan fingerprint density at radius 3 is 2.56 bits per heavy atom. The lowest BCUT2D eigenvalue weighted by atomic mass is 9.89. The number of piperidine rings is 1. The maximum atomic E-state index is 5.45.